The number of aryl methyl sites for hydroxylation is 3. The molecule has 1 N–H and O–H groups in total. The van der Waals surface area contributed by atoms with Gasteiger partial charge in [0, 0.05) is 12.6 Å². The lowest BCUT2D eigenvalue weighted by atomic mass is 10.1. The average Bonchev–Trinajstić information content (AvgIpc) is 2.26. The van der Waals surface area contributed by atoms with E-state index in [1.807, 2.05) is 0 Å². The van der Waals surface area contributed by atoms with Crippen molar-refractivity contribution in [1.82, 2.24) is 5.32 Å². The number of nitrogens with one attached hydrogen (secondary N) is 1. The quantitative estimate of drug-likeness (QED) is 0.763. The first kappa shape index (κ1) is 14.0. The van der Waals surface area contributed by atoms with Crippen LogP contribution in [0.5, 0.6) is 5.75 Å². The molecule has 0 bridgehead atoms. The Kier molecular flexibility index (Phi) is 5.49. The van der Waals surface area contributed by atoms with E-state index in [1.54, 1.807) is 0 Å². The molecule has 1 unspecified atom stereocenters. The smallest absolute Gasteiger partial charge is 0.125 e. The van der Waals surface area contributed by atoms with Gasteiger partial charge in [0.1, 0.15) is 12.4 Å². The van der Waals surface area contributed by atoms with Crippen LogP contribution in [0.3, 0.4) is 0 Å². The van der Waals surface area contributed by atoms with Crippen molar-refractivity contribution < 1.29 is 4.74 Å². The summed E-state index contributed by atoms with van der Waals surface area (Å²) >= 11 is 0. The number of hydrogen-bond acceptors (Lipinski definition) is 2. The van der Waals surface area contributed by atoms with Crippen molar-refractivity contribution in [2.24, 2.45) is 0 Å². The van der Waals surface area contributed by atoms with Crippen molar-refractivity contribution >= 4 is 0 Å². The van der Waals surface area contributed by atoms with Gasteiger partial charge >= 0.3 is 0 Å². The standard InChI is InChI=1S/C15H25NO/c1-6-14(5)16-7-8-17-15-12(3)9-11(2)10-13(15)4/h9-10,14,16H,6-8H2,1-5H3. The lowest BCUT2D eigenvalue weighted by Crippen LogP contribution is -2.29. The van der Waals surface area contributed by atoms with Gasteiger partial charge in [0.2, 0.25) is 0 Å². The number of hydrogen-bond donors (Lipinski definition) is 1. The van der Waals surface area contributed by atoms with Gasteiger partial charge in [-0.3, -0.25) is 0 Å². The van der Waals surface area contributed by atoms with E-state index in [2.05, 4.69) is 52.1 Å². The Balaban J connectivity index is 2.47. The van der Waals surface area contributed by atoms with Crippen LogP contribution < -0.4 is 10.1 Å². The molecule has 17 heavy (non-hydrogen) atoms. The van der Waals surface area contributed by atoms with Gasteiger partial charge in [-0.1, -0.05) is 24.6 Å². The fourth-order valence-corrected chi connectivity index (χ4v) is 2.00. The van der Waals surface area contributed by atoms with Crippen molar-refractivity contribution in [2.45, 2.75) is 47.1 Å². The number of benzene rings is 1. The molecule has 0 amide bonds. The first-order chi connectivity index (χ1) is 8.04. The van der Waals surface area contributed by atoms with Crippen LogP contribution in [-0.2, 0) is 0 Å². The maximum atomic E-state index is 5.85. The van der Waals surface area contributed by atoms with Gasteiger partial charge in [-0.2, -0.15) is 0 Å². The molecule has 2 heteroatoms. The van der Waals surface area contributed by atoms with Crippen LogP contribution in [0.25, 0.3) is 0 Å². The summed E-state index contributed by atoms with van der Waals surface area (Å²) in [7, 11) is 0. The van der Waals surface area contributed by atoms with Gasteiger partial charge in [0.25, 0.3) is 0 Å². The summed E-state index contributed by atoms with van der Waals surface area (Å²) in [5, 5.41) is 3.43. The molecule has 0 aliphatic heterocycles. The molecule has 0 saturated heterocycles. The average molecular weight is 235 g/mol. The zero-order valence-corrected chi connectivity index (χ0v) is 11.8. The van der Waals surface area contributed by atoms with E-state index in [9.17, 15) is 0 Å². The van der Waals surface area contributed by atoms with Crippen LogP contribution in [0, 0.1) is 20.8 Å². The highest BCUT2D eigenvalue weighted by Gasteiger charge is 2.05. The monoisotopic (exact) mass is 235 g/mol. The minimum Gasteiger partial charge on any atom is -0.492 e. The second kappa shape index (κ2) is 6.65. The predicted octanol–water partition coefficient (Wildman–Crippen LogP) is 3.38. The Morgan fingerprint density at radius 2 is 1.76 bits per heavy atom. The highest BCUT2D eigenvalue weighted by Crippen LogP contribution is 2.24. The zero-order chi connectivity index (χ0) is 12.8. The van der Waals surface area contributed by atoms with Crippen LogP contribution in [-0.4, -0.2) is 19.2 Å². The molecule has 0 saturated carbocycles. The van der Waals surface area contributed by atoms with E-state index in [-0.39, 0.29) is 0 Å². The maximum absolute atomic E-state index is 5.85. The van der Waals surface area contributed by atoms with Crippen molar-refractivity contribution in [3.8, 4) is 5.75 Å². The molecular formula is C15H25NO. The van der Waals surface area contributed by atoms with E-state index < -0.39 is 0 Å². The maximum Gasteiger partial charge on any atom is 0.125 e. The van der Waals surface area contributed by atoms with Crippen molar-refractivity contribution in [1.29, 1.82) is 0 Å². The van der Waals surface area contributed by atoms with Crippen LogP contribution in [0.15, 0.2) is 12.1 Å². The van der Waals surface area contributed by atoms with E-state index in [4.69, 9.17) is 4.74 Å². The number of rotatable bonds is 6. The van der Waals surface area contributed by atoms with Gasteiger partial charge < -0.3 is 10.1 Å². The molecular weight excluding hydrogens is 210 g/mol. The first-order valence-corrected chi connectivity index (χ1v) is 6.48. The third-order valence-electron chi connectivity index (χ3n) is 3.06. The molecule has 0 aromatic heterocycles. The fourth-order valence-electron chi connectivity index (χ4n) is 2.00. The Bertz CT molecular complexity index is 337. The van der Waals surface area contributed by atoms with Gasteiger partial charge in [-0.05, 0) is 45.2 Å². The Hall–Kier alpha value is -1.02. The summed E-state index contributed by atoms with van der Waals surface area (Å²) in [5.74, 6) is 1.04. The van der Waals surface area contributed by atoms with E-state index >= 15 is 0 Å². The summed E-state index contributed by atoms with van der Waals surface area (Å²) in [6.07, 6.45) is 1.16. The fraction of sp³-hybridized carbons (Fsp3) is 0.600. The molecule has 96 valence electrons. The zero-order valence-electron chi connectivity index (χ0n) is 11.8. The molecule has 0 heterocycles. The first-order valence-electron chi connectivity index (χ1n) is 6.48. The topological polar surface area (TPSA) is 21.3 Å². The van der Waals surface area contributed by atoms with E-state index in [0.717, 1.165) is 25.3 Å². The predicted molar refractivity (Wildman–Crippen MR) is 73.9 cm³/mol. The van der Waals surface area contributed by atoms with E-state index in [1.165, 1.54) is 16.7 Å². The van der Waals surface area contributed by atoms with Gasteiger partial charge in [0.15, 0.2) is 0 Å². The van der Waals surface area contributed by atoms with Crippen molar-refractivity contribution in [3.05, 3.63) is 28.8 Å². The minimum absolute atomic E-state index is 0.568. The minimum atomic E-state index is 0.568. The molecule has 1 rings (SSSR count). The second-order valence-electron chi connectivity index (χ2n) is 4.84. The molecule has 2 nitrogen and oxygen atoms in total. The van der Waals surface area contributed by atoms with Gasteiger partial charge in [-0.25, -0.2) is 0 Å². The van der Waals surface area contributed by atoms with Crippen LogP contribution in [0.2, 0.25) is 0 Å². The van der Waals surface area contributed by atoms with Crippen molar-refractivity contribution in [2.75, 3.05) is 13.2 Å². The molecule has 0 spiro atoms. The largest absolute Gasteiger partial charge is 0.492 e. The summed E-state index contributed by atoms with van der Waals surface area (Å²) in [4.78, 5) is 0. The highest BCUT2D eigenvalue weighted by molar-refractivity contribution is 5.42. The highest BCUT2D eigenvalue weighted by atomic mass is 16.5. The molecule has 1 atom stereocenters. The molecule has 0 fully saturated rings. The third kappa shape index (κ3) is 4.39. The Morgan fingerprint density at radius 3 is 2.29 bits per heavy atom. The summed E-state index contributed by atoms with van der Waals surface area (Å²) in [6, 6.07) is 4.91. The van der Waals surface area contributed by atoms with Gasteiger partial charge in [-0.15, -0.1) is 0 Å². The third-order valence-corrected chi connectivity index (χ3v) is 3.06. The van der Waals surface area contributed by atoms with Crippen LogP contribution >= 0.6 is 0 Å². The molecule has 0 radical (unpaired) electrons. The normalized spacial score (nSPS) is 12.5. The second-order valence-corrected chi connectivity index (χ2v) is 4.84. The number of ether oxygens (including phenoxy) is 1. The lowest BCUT2D eigenvalue weighted by molar-refractivity contribution is 0.302. The van der Waals surface area contributed by atoms with E-state index in [0.29, 0.717) is 6.04 Å². The Morgan fingerprint density at radius 1 is 1.18 bits per heavy atom. The van der Waals surface area contributed by atoms with Gasteiger partial charge in [0.05, 0.1) is 0 Å². The summed E-state index contributed by atoms with van der Waals surface area (Å²) in [6.45, 7) is 12.4. The summed E-state index contributed by atoms with van der Waals surface area (Å²) < 4.78 is 5.85. The molecule has 0 aliphatic carbocycles. The molecule has 1 aromatic rings. The van der Waals surface area contributed by atoms with Crippen LogP contribution in [0.1, 0.15) is 37.0 Å². The SMILES string of the molecule is CCC(C)NCCOc1c(C)cc(C)cc1C. The van der Waals surface area contributed by atoms with Crippen LogP contribution in [0.4, 0.5) is 0 Å². The molecule has 1 aromatic carbocycles. The summed E-state index contributed by atoms with van der Waals surface area (Å²) in [5.41, 5.74) is 3.75. The lowest BCUT2D eigenvalue weighted by Gasteiger charge is -2.15. The van der Waals surface area contributed by atoms with Crippen molar-refractivity contribution in [3.63, 3.8) is 0 Å². The molecule has 0 aliphatic rings. The Labute approximate surface area is 105 Å².